The van der Waals surface area contributed by atoms with Crippen molar-refractivity contribution in [1.29, 1.82) is 0 Å². The fourth-order valence-corrected chi connectivity index (χ4v) is 3.97. The number of rotatable bonds is 8. The fraction of sp³-hybridized carbons (Fsp3) is 0.111. The van der Waals surface area contributed by atoms with Gasteiger partial charge >= 0.3 is 11.7 Å². The zero-order valence-electron chi connectivity index (χ0n) is 19.1. The van der Waals surface area contributed by atoms with Crippen molar-refractivity contribution in [2.75, 3.05) is 6.61 Å². The van der Waals surface area contributed by atoms with Crippen molar-refractivity contribution in [2.45, 2.75) is 12.8 Å². The van der Waals surface area contributed by atoms with Crippen LogP contribution in [-0.2, 0) is 4.79 Å². The van der Waals surface area contributed by atoms with Crippen molar-refractivity contribution >= 4 is 16.9 Å². The summed E-state index contributed by atoms with van der Waals surface area (Å²) in [6.07, 6.45) is 5.02. The minimum atomic E-state index is -0.832. The van der Waals surface area contributed by atoms with E-state index < -0.39 is 11.7 Å². The summed E-state index contributed by atoms with van der Waals surface area (Å²) in [5, 5.41) is 19.6. The van der Waals surface area contributed by atoms with E-state index in [1.54, 1.807) is 24.5 Å². The van der Waals surface area contributed by atoms with Gasteiger partial charge < -0.3 is 19.9 Å². The molecular formula is C27H22N4O5. The number of hydrogen-bond donors (Lipinski definition) is 3. The molecule has 2 aromatic carbocycles. The predicted octanol–water partition coefficient (Wildman–Crippen LogP) is 4.39. The Bertz CT molecular complexity index is 1590. The molecule has 9 heteroatoms. The number of aromatic nitrogens is 4. The molecule has 0 saturated carbocycles. The van der Waals surface area contributed by atoms with Crippen LogP contribution < -0.4 is 10.4 Å². The summed E-state index contributed by atoms with van der Waals surface area (Å²) in [7, 11) is 0. The molecular weight excluding hydrogens is 460 g/mol. The molecule has 0 bridgehead atoms. The van der Waals surface area contributed by atoms with E-state index in [1.807, 2.05) is 48.5 Å². The Balaban J connectivity index is 1.41. The number of nitrogens with one attached hydrogen (secondary N) is 1. The summed E-state index contributed by atoms with van der Waals surface area (Å²) in [5.74, 6) is -0.348. The maximum absolute atomic E-state index is 12.3. The quantitative estimate of drug-likeness (QED) is 0.280. The molecule has 3 N–H and O–H groups in total. The molecule has 3 heterocycles. The van der Waals surface area contributed by atoms with Gasteiger partial charge in [0.1, 0.15) is 5.75 Å². The summed E-state index contributed by atoms with van der Waals surface area (Å²) in [6.45, 7) is 0.351. The Hall–Kier alpha value is -4.92. The Morgan fingerprint density at radius 1 is 1.00 bits per heavy atom. The van der Waals surface area contributed by atoms with Crippen molar-refractivity contribution in [1.82, 2.24) is 19.5 Å². The molecule has 0 amide bonds. The third-order valence-corrected chi connectivity index (χ3v) is 5.76. The van der Waals surface area contributed by atoms with Crippen molar-refractivity contribution < 1.29 is 19.7 Å². The van der Waals surface area contributed by atoms with Crippen molar-refractivity contribution in [3.05, 3.63) is 89.7 Å². The van der Waals surface area contributed by atoms with Gasteiger partial charge in [0.05, 0.1) is 29.7 Å². The van der Waals surface area contributed by atoms with Crippen LogP contribution in [0.3, 0.4) is 0 Å². The van der Waals surface area contributed by atoms with E-state index in [-0.39, 0.29) is 12.3 Å². The average molecular weight is 482 g/mol. The standard InChI is InChI=1S/C27H22N4O5/c32-25-16-29-27(35)31(25)24-14-23(30-22-11-12-28-15-21(22)24)19-5-3-17(4-6-19)18-7-9-20(10-8-18)36-13-1-2-26(33)34/h3-12,14-16,32H,1-2,13H2,(H,29,35)(H,33,34). The van der Waals surface area contributed by atoms with Gasteiger partial charge in [-0.1, -0.05) is 36.4 Å². The highest BCUT2D eigenvalue weighted by Gasteiger charge is 2.14. The lowest BCUT2D eigenvalue weighted by Crippen LogP contribution is -2.15. The number of carboxylic acid groups (broad SMARTS) is 1. The van der Waals surface area contributed by atoms with Crippen molar-refractivity contribution in [2.24, 2.45) is 0 Å². The van der Waals surface area contributed by atoms with Crippen LogP contribution in [0.4, 0.5) is 0 Å². The lowest BCUT2D eigenvalue weighted by molar-refractivity contribution is -0.137. The number of carbonyl (C=O) groups is 1. The first kappa shape index (κ1) is 22.9. The SMILES string of the molecule is O=C(O)CCCOc1ccc(-c2ccc(-c3cc(-n4c(O)c[nH]c4=O)c4cnccc4n3)cc2)cc1. The molecule has 0 aliphatic heterocycles. The second-order valence-electron chi connectivity index (χ2n) is 8.15. The second-order valence-corrected chi connectivity index (χ2v) is 8.15. The van der Waals surface area contributed by atoms with Crippen molar-refractivity contribution in [3.63, 3.8) is 0 Å². The molecule has 0 spiro atoms. The van der Waals surface area contributed by atoms with Crippen LogP contribution in [0, 0.1) is 0 Å². The number of aromatic hydroxyl groups is 1. The normalized spacial score (nSPS) is 11.0. The molecule has 9 nitrogen and oxygen atoms in total. The monoisotopic (exact) mass is 482 g/mol. The van der Waals surface area contributed by atoms with Crippen LogP contribution in [0.1, 0.15) is 12.8 Å². The molecule has 0 atom stereocenters. The molecule has 0 aliphatic carbocycles. The van der Waals surface area contributed by atoms with Crippen LogP contribution in [-0.4, -0.2) is 42.3 Å². The summed E-state index contributed by atoms with van der Waals surface area (Å²) in [6, 6.07) is 19.0. The van der Waals surface area contributed by atoms with Gasteiger partial charge in [-0.25, -0.2) is 14.3 Å². The Morgan fingerprint density at radius 3 is 2.36 bits per heavy atom. The molecule has 0 unspecified atom stereocenters. The number of hydrogen-bond acceptors (Lipinski definition) is 6. The minimum absolute atomic E-state index is 0.0813. The molecule has 0 fully saturated rings. The van der Waals surface area contributed by atoms with Gasteiger partial charge in [-0.15, -0.1) is 0 Å². The van der Waals surface area contributed by atoms with Gasteiger partial charge in [-0.3, -0.25) is 9.78 Å². The van der Waals surface area contributed by atoms with Crippen LogP contribution in [0.15, 0.2) is 84.0 Å². The zero-order chi connectivity index (χ0) is 25.1. The number of ether oxygens (including phenoxy) is 1. The highest BCUT2D eigenvalue weighted by Crippen LogP contribution is 2.30. The lowest BCUT2D eigenvalue weighted by Gasteiger charge is -2.11. The first-order valence-corrected chi connectivity index (χ1v) is 11.3. The van der Waals surface area contributed by atoms with Crippen LogP contribution in [0.2, 0.25) is 0 Å². The van der Waals surface area contributed by atoms with Gasteiger partial charge in [0.25, 0.3) is 0 Å². The largest absolute Gasteiger partial charge is 0.494 e. The van der Waals surface area contributed by atoms with Crippen LogP contribution in [0.5, 0.6) is 11.6 Å². The molecule has 5 aromatic rings. The Morgan fingerprint density at radius 2 is 1.69 bits per heavy atom. The van der Waals surface area contributed by atoms with E-state index >= 15 is 0 Å². The van der Waals surface area contributed by atoms with Gasteiger partial charge in [0.15, 0.2) is 0 Å². The average Bonchev–Trinajstić information content (AvgIpc) is 3.24. The van der Waals surface area contributed by atoms with E-state index in [0.717, 1.165) is 16.7 Å². The summed E-state index contributed by atoms with van der Waals surface area (Å²) >= 11 is 0. The zero-order valence-corrected chi connectivity index (χ0v) is 19.1. The van der Waals surface area contributed by atoms with E-state index in [2.05, 4.69) is 9.97 Å². The molecule has 0 saturated heterocycles. The Labute approximate surface area is 205 Å². The van der Waals surface area contributed by atoms with Crippen LogP contribution in [0.25, 0.3) is 39.0 Å². The number of fused-ring (bicyclic) bond motifs is 1. The number of H-pyrrole nitrogens is 1. The number of imidazole rings is 1. The number of aliphatic carboxylic acids is 1. The second kappa shape index (κ2) is 9.75. The lowest BCUT2D eigenvalue weighted by atomic mass is 10.0. The van der Waals surface area contributed by atoms with E-state index in [1.165, 1.54) is 10.8 Å². The summed E-state index contributed by atoms with van der Waals surface area (Å²) in [4.78, 5) is 34.3. The third kappa shape index (κ3) is 4.67. The minimum Gasteiger partial charge on any atom is -0.494 e. The van der Waals surface area contributed by atoms with Gasteiger partial charge in [-0.05, 0) is 41.8 Å². The number of carboxylic acids is 1. The first-order chi connectivity index (χ1) is 17.5. The molecule has 180 valence electrons. The topological polar surface area (TPSA) is 130 Å². The number of aromatic amines is 1. The maximum Gasteiger partial charge on any atom is 0.333 e. The van der Waals surface area contributed by atoms with Crippen LogP contribution >= 0.6 is 0 Å². The van der Waals surface area contributed by atoms with E-state index in [0.29, 0.717) is 41.1 Å². The summed E-state index contributed by atoms with van der Waals surface area (Å²) in [5.41, 5.74) is 4.16. The molecule has 5 rings (SSSR count). The van der Waals surface area contributed by atoms with Crippen molar-refractivity contribution in [3.8, 4) is 39.7 Å². The molecule has 0 aliphatic rings. The number of benzene rings is 2. The molecule has 36 heavy (non-hydrogen) atoms. The number of pyridine rings is 2. The first-order valence-electron chi connectivity index (χ1n) is 11.3. The third-order valence-electron chi connectivity index (χ3n) is 5.76. The highest BCUT2D eigenvalue weighted by molar-refractivity contribution is 5.89. The van der Waals surface area contributed by atoms with E-state index in [4.69, 9.17) is 14.8 Å². The van der Waals surface area contributed by atoms with Gasteiger partial charge in [0.2, 0.25) is 5.88 Å². The Kier molecular flexibility index (Phi) is 6.19. The fourth-order valence-electron chi connectivity index (χ4n) is 3.97. The maximum atomic E-state index is 12.3. The van der Waals surface area contributed by atoms with Gasteiger partial charge in [-0.2, -0.15) is 0 Å². The van der Waals surface area contributed by atoms with E-state index in [9.17, 15) is 14.7 Å². The smallest absolute Gasteiger partial charge is 0.333 e. The highest BCUT2D eigenvalue weighted by atomic mass is 16.5. The number of nitrogens with zero attached hydrogens (tertiary/aromatic N) is 3. The molecule has 3 aromatic heterocycles. The molecule has 0 radical (unpaired) electrons. The van der Waals surface area contributed by atoms with Gasteiger partial charge in [0, 0.05) is 29.8 Å². The predicted molar refractivity (Wildman–Crippen MR) is 134 cm³/mol. The summed E-state index contributed by atoms with van der Waals surface area (Å²) < 4.78 is 6.79.